The van der Waals surface area contributed by atoms with Crippen molar-refractivity contribution >= 4 is 17.5 Å². The molecule has 0 saturated heterocycles. The van der Waals surface area contributed by atoms with Crippen LogP contribution in [0.1, 0.15) is 29.2 Å². The standard InChI is InChI=1S/C21H26ClNO3/c1-13-6-7-14(2)19(10-13)25-9-8-23-21(24)17(5)26-18-11-15(3)20(22)16(4)12-18/h6-7,10-12,17H,8-9H2,1-5H3,(H,23,24). The Hall–Kier alpha value is -2.20. The number of ether oxygens (including phenoxy) is 2. The second-order valence-electron chi connectivity index (χ2n) is 6.54. The third-order valence-corrected chi connectivity index (χ3v) is 4.69. The predicted molar refractivity (Wildman–Crippen MR) is 105 cm³/mol. The van der Waals surface area contributed by atoms with Gasteiger partial charge in [0.2, 0.25) is 0 Å². The van der Waals surface area contributed by atoms with Crippen molar-refractivity contribution in [3.63, 3.8) is 0 Å². The number of hydrogen-bond donors (Lipinski definition) is 1. The molecule has 140 valence electrons. The first-order chi connectivity index (χ1) is 12.3. The maximum atomic E-state index is 12.2. The SMILES string of the molecule is Cc1ccc(C)c(OCCNC(=O)C(C)Oc2cc(C)c(Cl)c(C)c2)c1. The number of amides is 1. The molecule has 0 aromatic heterocycles. The fraction of sp³-hybridized carbons (Fsp3) is 0.381. The Labute approximate surface area is 160 Å². The van der Waals surface area contributed by atoms with E-state index in [4.69, 9.17) is 21.1 Å². The molecule has 0 heterocycles. The molecule has 26 heavy (non-hydrogen) atoms. The van der Waals surface area contributed by atoms with Crippen molar-refractivity contribution in [1.29, 1.82) is 0 Å². The molecule has 0 aliphatic heterocycles. The van der Waals surface area contributed by atoms with E-state index in [0.717, 1.165) is 33.0 Å². The van der Waals surface area contributed by atoms with Gasteiger partial charge in [0.25, 0.3) is 5.91 Å². The molecule has 0 spiro atoms. The van der Waals surface area contributed by atoms with E-state index in [-0.39, 0.29) is 5.91 Å². The second kappa shape index (κ2) is 8.95. The fourth-order valence-electron chi connectivity index (χ4n) is 2.57. The number of rotatable bonds is 7. The van der Waals surface area contributed by atoms with Gasteiger partial charge in [0, 0.05) is 5.02 Å². The zero-order chi connectivity index (χ0) is 19.3. The monoisotopic (exact) mass is 375 g/mol. The van der Waals surface area contributed by atoms with Crippen LogP contribution in [0.2, 0.25) is 5.02 Å². The van der Waals surface area contributed by atoms with E-state index in [9.17, 15) is 4.79 Å². The van der Waals surface area contributed by atoms with Crippen molar-refractivity contribution in [3.05, 3.63) is 57.6 Å². The summed E-state index contributed by atoms with van der Waals surface area (Å²) in [4.78, 5) is 12.2. The van der Waals surface area contributed by atoms with Gasteiger partial charge in [-0.2, -0.15) is 0 Å². The summed E-state index contributed by atoms with van der Waals surface area (Å²) in [6.07, 6.45) is -0.601. The number of nitrogens with one attached hydrogen (secondary N) is 1. The van der Waals surface area contributed by atoms with Crippen LogP contribution in [0.3, 0.4) is 0 Å². The van der Waals surface area contributed by atoms with E-state index < -0.39 is 6.10 Å². The van der Waals surface area contributed by atoms with Crippen LogP contribution in [-0.2, 0) is 4.79 Å². The largest absolute Gasteiger partial charge is 0.491 e. The average molecular weight is 376 g/mol. The highest BCUT2D eigenvalue weighted by molar-refractivity contribution is 6.32. The molecular formula is C21H26ClNO3. The lowest BCUT2D eigenvalue weighted by Crippen LogP contribution is -2.38. The number of carbonyl (C=O) groups excluding carboxylic acids is 1. The van der Waals surface area contributed by atoms with Crippen LogP contribution in [0.25, 0.3) is 0 Å². The molecule has 1 amide bonds. The van der Waals surface area contributed by atoms with Gasteiger partial charge in [-0.15, -0.1) is 0 Å². The Morgan fingerprint density at radius 3 is 2.38 bits per heavy atom. The Morgan fingerprint density at radius 2 is 1.73 bits per heavy atom. The van der Waals surface area contributed by atoms with E-state index in [2.05, 4.69) is 5.32 Å². The summed E-state index contributed by atoms with van der Waals surface area (Å²) in [5.41, 5.74) is 4.07. The zero-order valence-corrected chi connectivity index (χ0v) is 16.7. The molecule has 0 fully saturated rings. The molecule has 0 aliphatic rings. The van der Waals surface area contributed by atoms with Crippen molar-refractivity contribution in [2.24, 2.45) is 0 Å². The Balaban J connectivity index is 1.81. The molecular weight excluding hydrogens is 350 g/mol. The number of carbonyl (C=O) groups is 1. The topological polar surface area (TPSA) is 47.6 Å². The maximum absolute atomic E-state index is 12.2. The molecule has 0 bridgehead atoms. The van der Waals surface area contributed by atoms with E-state index >= 15 is 0 Å². The first-order valence-corrected chi connectivity index (χ1v) is 9.07. The van der Waals surface area contributed by atoms with Gasteiger partial charge in [0.15, 0.2) is 6.10 Å². The summed E-state index contributed by atoms with van der Waals surface area (Å²) in [5, 5.41) is 3.55. The minimum atomic E-state index is -0.601. The van der Waals surface area contributed by atoms with Crippen molar-refractivity contribution in [2.45, 2.75) is 40.7 Å². The quantitative estimate of drug-likeness (QED) is 0.723. The maximum Gasteiger partial charge on any atom is 0.260 e. The van der Waals surface area contributed by atoms with E-state index in [1.165, 1.54) is 0 Å². The molecule has 2 aromatic carbocycles. The first kappa shape index (κ1) is 20.1. The van der Waals surface area contributed by atoms with Crippen molar-refractivity contribution in [3.8, 4) is 11.5 Å². The molecule has 0 radical (unpaired) electrons. The van der Waals surface area contributed by atoms with Gasteiger partial charge in [0.1, 0.15) is 18.1 Å². The summed E-state index contributed by atoms with van der Waals surface area (Å²) in [6, 6.07) is 9.73. The Morgan fingerprint density at radius 1 is 1.08 bits per heavy atom. The molecule has 0 saturated carbocycles. The van der Waals surface area contributed by atoms with Gasteiger partial charge in [-0.05, 0) is 75.1 Å². The van der Waals surface area contributed by atoms with Crippen LogP contribution in [0.4, 0.5) is 0 Å². The molecule has 0 aliphatic carbocycles. The molecule has 1 unspecified atom stereocenters. The van der Waals surface area contributed by atoms with Crippen LogP contribution >= 0.6 is 11.6 Å². The van der Waals surface area contributed by atoms with E-state index in [1.807, 2.05) is 58.0 Å². The average Bonchev–Trinajstić information content (AvgIpc) is 2.59. The van der Waals surface area contributed by atoms with Gasteiger partial charge in [-0.3, -0.25) is 4.79 Å². The number of halogens is 1. The number of hydrogen-bond acceptors (Lipinski definition) is 3. The Bertz CT molecular complexity index is 766. The Kier molecular flexibility index (Phi) is 6.92. The summed E-state index contributed by atoms with van der Waals surface area (Å²) in [6.45, 7) is 10.4. The molecule has 1 N–H and O–H groups in total. The van der Waals surface area contributed by atoms with Crippen LogP contribution in [0, 0.1) is 27.7 Å². The van der Waals surface area contributed by atoms with Crippen LogP contribution in [0.5, 0.6) is 11.5 Å². The third-order valence-electron chi connectivity index (χ3n) is 4.09. The molecule has 5 heteroatoms. The van der Waals surface area contributed by atoms with Crippen molar-refractivity contribution in [2.75, 3.05) is 13.2 Å². The van der Waals surface area contributed by atoms with Crippen LogP contribution in [0.15, 0.2) is 30.3 Å². The van der Waals surface area contributed by atoms with E-state index in [0.29, 0.717) is 18.9 Å². The third kappa shape index (κ3) is 5.40. The summed E-state index contributed by atoms with van der Waals surface area (Å²) in [7, 11) is 0. The van der Waals surface area contributed by atoms with Gasteiger partial charge in [-0.1, -0.05) is 23.7 Å². The first-order valence-electron chi connectivity index (χ1n) is 8.69. The highest BCUT2D eigenvalue weighted by Gasteiger charge is 2.15. The lowest BCUT2D eigenvalue weighted by molar-refractivity contribution is -0.127. The van der Waals surface area contributed by atoms with E-state index in [1.54, 1.807) is 6.92 Å². The molecule has 2 rings (SSSR count). The number of aryl methyl sites for hydroxylation is 4. The highest BCUT2D eigenvalue weighted by atomic mass is 35.5. The van der Waals surface area contributed by atoms with Gasteiger partial charge in [-0.25, -0.2) is 0 Å². The van der Waals surface area contributed by atoms with Gasteiger partial charge >= 0.3 is 0 Å². The predicted octanol–water partition coefficient (Wildman–Crippen LogP) is 4.54. The lowest BCUT2D eigenvalue weighted by atomic mass is 10.1. The molecule has 2 aromatic rings. The summed E-state index contributed by atoms with van der Waals surface area (Å²) in [5.74, 6) is 1.30. The van der Waals surface area contributed by atoms with Crippen LogP contribution < -0.4 is 14.8 Å². The van der Waals surface area contributed by atoms with Gasteiger partial charge < -0.3 is 14.8 Å². The highest BCUT2D eigenvalue weighted by Crippen LogP contribution is 2.26. The number of benzene rings is 2. The second-order valence-corrected chi connectivity index (χ2v) is 6.92. The van der Waals surface area contributed by atoms with Crippen molar-refractivity contribution in [1.82, 2.24) is 5.32 Å². The molecule has 1 atom stereocenters. The minimum absolute atomic E-state index is 0.181. The smallest absolute Gasteiger partial charge is 0.260 e. The fourth-order valence-corrected chi connectivity index (χ4v) is 2.68. The summed E-state index contributed by atoms with van der Waals surface area (Å²) < 4.78 is 11.5. The van der Waals surface area contributed by atoms with Crippen LogP contribution in [-0.4, -0.2) is 25.2 Å². The van der Waals surface area contributed by atoms with Crippen molar-refractivity contribution < 1.29 is 14.3 Å². The normalized spacial score (nSPS) is 11.8. The summed E-state index contributed by atoms with van der Waals surface area (Å²) >= 11 is 6.16. The molecule has 4 nitrogen and oxygen atoms in total. The zero-order valence-electron chi connectivity index (χ0n) is 16.0. The minimum Gasteiger partial charge on any atom is -0.491 e. The lowest BCUT2D eigenvalue weighted by Gasteiger charge is -2.16. The van der Waals surface area contributed by atoms with Gasteiger partial charge in [0.05, 0.1) is 6.54 Å².